The second-order valence-corrected chi connectivity index (χ2v) is 2.22. The van der Waals surface area contributed by atoms with Crippen molar-refractivity contribution >= 4 is 5.78 Å². The second-order valence-electron chi connectivity index (χ2n) is 2.22. The van der Waals surface area contributed by atoms with E-state index in [9.17, 15) is 4.79 Å². The standard InChI is InChI=1S/C8H16NO/c1-4-7(9-6-3)8(10)5-2/h7,9H,1,4-6H2,2-3H3/q-1. The quantitative estimate of drug-likeness (QED) is 0.584. The van der Waals surface area contributed by atoms with Crippen LogP contribution in [0.15, 0.2) is 0 Å². The number of carbonyl (C=O) groups excluding carboxylic acids is 1. The SMILES string of the molecule is [CH2-]CC(NCC)C(=O)CC. The number of likely N-dealkylation sites (N-methyl/N-ethyl adjacent to an activating group) is 1. The van der Waals surface area contributed by atoms with E-state index in [2.05, 4.69) is 12.2 Å². The molecule has 0 aliphatic carbocycles. The summed E-state index contributed by atoms with van der Waals surface area (Å²) in [6.07, 6.45) is 1.26. The van der Waals surface area contributed by atoms with Gasteiger partial charge in [0.2, 0.25) is 0 Å². The number of hydrogen-bond donors (Lipinski definition) is 1. The third-order valence-corrected chi connectivity index (χ3v) is 1.48. The van der Waals surface area contributed by atoms with E-state index in [-0.39, 0.29) is 11.8 Å². The maximum absolute atomic E-state index is 11.0. The third-order valence-electron chi connectivity index (χ3n) is 1.48. The van der Waals surface area contributed by atoms with Gasteiger partial charge in [-0.25, -0.2) is 0 Å². The van der Waals surface area contributed by atoms with E-state index in [1.165, 1.54) is 0 Å². The number of Topliss-reactive ketones (excluding diaryl/α,β-unsaturated/α-hetero) is 1. The molecule has 0 saturated heterocycles. The molecule has 0 aromatic carbocycles. The van der Waals surface area contributed by atoms with E-state index in [0.717, 1.165) is 6.54 Å². The van der Waals surface area contributed by atoms with Gasteiger partial charge in [0, 0.05) is 12.5 Å². The normalized spacial score (nSPS) is 13.1. The molecule has 0 aliphatic heterocycles. The Balaban J connectivity index is 3.68. The van der Waals surface area contributed by atoms with Crippen LogP contribution in [0.5, 0.6) is 0 Å². The van der Waals surface area contributed by atoms with Gasteiger partial charge in [-0.2, -0.15) is 6.42 Å². The van der Waals surface area contributed by atoms with Crippen LogP contribution in [0.25, 0.3) is 0 Å². The number of nitrogens with one attached hydrogen (secondary N) is 1. The highest BCUT2D eigenvalue weighted by molar-refractivity contribution is 5.83. The summed E-state index contributed by atoms with van der Waals surface area (Å²) in [6.45, 7) is 8.40. The topological polar surface area (TPSA) is 29.1 Å². The number of ketones is 1. The lowest BCUT2D eigenvalue weighted by Crippen LogP contribution is -2.35. The molecule has 1 atom stereocenters. The van der Waals surface area contributed by atoms with Crippen LogP contribution in [0, 0.1) is 6.92 Å². The maximum Gasteiger partial charge on any atom is 0.146 e. The van der Waals surface area contributed by atoms with Crippen molar-refractivity contribution in [3.8, 4) is 0 Å². The monoisotopic (exact) mass is 142 g/mol. The molecule has 0 aromatic rings. The van der Waals surface area contributed by atoms with E-state index >= 15 is 0 Å². The molecule has 2 nitrogen and oxygen atoms in total. The summed E-state index contributed by atoms with van der Waals surface area (Å²) in [5, 5.41) is 3.07. The Hall–Kier alpha value is -0.370. The Morgan fingerprint density at radius 3 is 2.50 bits per heavy atom. The highest BCUT2D eigenvalue weighted by Gasteiger charge is 2.08. The Bertz CT molecular complexity index is 101. The first kappa shape index (κ1) is 9.63. The van der Waals surface area contributed by atoms with Crippen LogP contribution in [-0.4, -0.2) is 18.4 Å². The van der Waals surface area contributed by atoms with Crippen LogP contribution in [0.4, 0.5) is 0 Å². The fourth-order valence-electron chi connectivity index (χ4n) is 0.870. The lowest BCUT2D eigenvalue weighted by molar-refractivity contribution is -0.120. The fourth-order valence-corrected chi connectivity index (χ4v) is 0.870. The summed E-state index contributed by atoms with van der Waals surface area (Å²) in [5.74, 6) is 0.261. The van der Waals surface area contributed by atoms with E-state index in [1.54, 1.807) is 0 Å². The first-order valence-electron chi connectivity index (χ1n) is 3.81. The molecule has 60 valence electrons. The Morgan fingerprint density at radius 2 is 2.20 bits per heavy atom. The number of carbonyl (C=O) groups is 1. The Kier molecular flexibility index (Phi) is 5.22. The number of rotatable bonds is 5. The van der Waals surface area contributed by atoms with E-state index in [0.29, 0.717) is 12.8 Å². The molecule has 1 N–H and O–H groups in total. The van der Waals surface area contributed by atoms with Gasteiger partial charge in [-0.15, -0.1) is 0 Å². The van der Waals surface area contributed by atoms with Gasteiger partial charge in [0.25, 0.3) is 0 Å². The molecule has 0 spiro atoms. The van der Waals surface area contributed by atoms with Crippen molar-refractivity contribution < 1.29 is 4.79 Å². The molecule has 0 heterocycles. The highest BCUT2D eigenvalue weighted by Crippen LogP contribution is 1.94. The summed E-state index contributed by atoms with van der Waals surface area (Å²) < 4.78 is 0. The minimum atomic E-state index is -0.0185. The van der Waals surface area contributed by atoms with Crippen molar-refractivity contribution in [2.45, 2.75) is 32.7 Å². The van der Waals surface area contributed by atoms with Gasteiger partial charge in [-0.05, 0) is 6.54 Å². The van der Waals surface area contributed by atoms with Gasteiger partial charge in [-0.1, -0.05) is 13.8 Å². The predicted octanol–water partition coefficient (Wildman–Crippen LogP) is 1.17. The van der Waals surface area contributed by atoms with Crippen LogP contribution in [0.3, 0.4) is 0 Å². The van der Waals surface area contributed by atoms with Gasteiger partial charge in [0.05, 0.1) is 0 Å². The molecule has 2 heteroatoms. The van der Waals surface area contributed by atoms with Crippen molar-refractivity contribution in [1.82, 2.24) is 5.32 Å². The Morgan fingerprint density at radius 1 is 1.60 bits per heavy atom. The molecule has 0 amide bonds. The first-order chi connectivity index (χ1) is 4.76. The van der Waals surface area contributed by atoms with Gasteiger partial charge in [0.1, 0.15) is 5.78 Å². The van der Waals surface area contributed by atoms with Crippen molar-refractivity contribution in [3.63, 3.8) is 0 Å². The molecule has 0 rings (SSSR count). The minimum Gasteiger partial charge on any atom is -0.341 e. The largest absolute Gasteiger partial charge is 0.341 e. The Labute approximate surface area is 63.0 Å². The summed E-state index contributed by atoms with van der Waals surface area (Å²) >= 11 is 0. The summed E-state index contributed by atoms with van der Waals surface area (Å²) in [6, 6.07) is -0.0185. The lowest BCUT2D eigenvalue weighted by Gasteiger charge is -2.15. The number of hydrogen-bond acceptors (Lipinski definition) is 2. The molecule has 0 saturated carbocycles. The van der Waals surface area contributed by atoms with Crippen molar-refractivity contribution in [2.75, 3.05) is 6.54 Å². The van der Waals surface area contributed by atoms with Gasteiger partial charge < -0.3 is 12.2 Å². The average molecular weight is 142 g/mol. The van der Waals surface area contributed by atoms with Gasteiger partial charge in [0.15, 0.2) is 0 Å². The van der Waals surface area contributed by atoms with Crippen LogP contribution >= 0.6 is 0 Å². The van der Waals surface area contributed by atoms with Gasteiger partial charge in [-0.3, -0.25) is 4.79 Å². The maximum atomic E-state index is 11.0. The molecule has 1 unspecified atom stereocenters. The van der Waals surface area contributed by atoms with Crippen molar-refractivity contribution in [3.05, 3.63) is 6.92 Å². The van der Waals surface area contributed by atoms with Crippen molar-refractivity contribution in [1.29, 1.82) is 0 Å². The fraction of sp³-hybridized carbons (Fsp3) is 0.750. The summed E-state index contributed by atoms with van der Waals surface area (Å²) in [7, 11) is 0. The van der Waals surface area contributed by atoms with E-state index < -0.39 is 0 Å². The predicted molar refractivity (Wildman–Crippen MR) is 42.7 cm³/mol. The minimum absolute atomic E-state index is 0.0185. The van der Waals surface area contributed by atoms with E-state index in [4.69, 9.17) is 0 Å². The lowest BCUT2D eigenvalue weighted by atomic mass is 10.1. The molecule has 0 fully saturated rings. The van der Waals surface area contributed by atoms with Crippen molar-refractivity contribution in [2.24, 2.45) is 0 Å². The molecule has 0 radical (unpaired) electrons. The van der Waals surface area contributed by atoms with Crippen LogP contribution in [-0.2, 0) is 4.79 Å². The van der Waals surface area contributed by atoms with Crippen LogP contribution in [0.2, 0.25) is 0 Å². The van der Waals surface area contributed by atoms with Crippen LogP contribution in [0.1, 0.15) is 26.7 Å². The van der Waals surface area contributed by atoms with Crippen LogP contribution < -0.4 is 5.32 Å². The zero-order valence-electron chi connectivity index (χ0n) is 6.81. The highest BCUT2D eigenvalue weighted by atomic mass is 16.1. The molecular formula is C8H16NO-. The first-order valence-corrected chi connectivity index (χ1v) is 3.81. The third kappa shape index (κ3) is 2.97. The summed E-state index contributed by atoms with van der Waals surface area (Å²) in [5.41, 5.74) is 0. The smallest absolute Gasteiger partial charge is 0.146 e. The van der Waals surface area contributed by atoms with E-state index in [1.807, 2.05) is 13.8 Å². The average Bonchev–Trinajstić information content (AvgIpc) is 1.99. The second kappa shape index (κ2) is 5.42. The zero-order valence-corrected chi connectivity index (χ0v) is 6.81. The zero-order chi connectivity index (χ0) is 7.98. The summed E-state index contributed by atoms with van der Waals surface area (Å²) in [4.78, 5) is 11.0. The molecule has 0 bridgehead atoms. The molecule has 10 heavy (non-hydrogen) atoms. The molecular weight excluding hydrogens is 126 g/mol. The van der Waals surface area contributed by atoms with Gasteiger partial charge >= 0.3 is 0 Å². The molecule has 0 aromatic heterocycles. The molecule has 0 aliphatic rings.